The van der Waals surface area contributed by atoms with Crippen molar-refractivity contribution in [1.29, 1.82) is 0 Å². The first-order valence-electron chi connectivity index (χ1n) is 6.43. The molecule has 1 aromatic rings. The Morgan fingerprint density at radius 3 is 2.63 bits per heavy atom. The van der Waals surface area contributed by atoms with E-state index in [4.69, 9.17) is 15.2 Å². The fourth-order valence-electron chi connectivity index (χ4n) is 2.18. The molecule has 0 amide bonds. The van der Waals surface area contributed by atoms with Crippen LogP contribution in [0.25, 0.3) is 0 Å². The zero-order chi connectivity index (χ0) is 13.8. The van der Waals surface area contributed by atoms with Crippen LogP contribution in [0, 0.1) is 0 Å². The van der Waals surface area contributed by atoms with Gasteiger partial charge in [-0.25, -0.2) is 4.79 Å². The molecule has 5 heteroatoms. The van der Waals surface area contributed by atoms with Crippen LogP contribution in [0.2, 0.25) is 0 Å². The molecule has 1 saturated heterocycles. The molecule has 0 saturated carbocycles. The predicted octanol–water partition coefficient (Wildman–Crippen LogP) is 1.53. The number of carbonyl (C=O) groups excluding carboxylic acids is 1. The van der Waals surface area contributed by atoms with E-state index in [1.165, 1.54) is 0 Å². The summed E-state index contributed by atoms with van der Waals surface area (Å²) in [5.74, 6) is 0.250. The minimum absolute atomic E-state index is 0.00651. The number of piperidine rings is 1. The quantitative estimate of drug-likeness (QED) is 0.662. The SMILES string of the molecule is COc1ccc(C(=O)OC2CCN(C)CC2)cc1N. The largest absolute Gasteiger partial charge is 0.495 e. The molecular weight excluding hydrogens is 244 g/mol. The number of nitrogens with two attached hydrogens (primary N) is 1. The summed E-state index contributed by atoms with van der Waals surface area (Å²) in [6.45, 7) is 1.92. The molecule has 2 N–H and O–H groups in total. The minimum atomic E-state index is -0.316. The van der Waals surface area contributed by atoms with Crippen LogP contribution in [-0.4, -0.2) is 44.2 Å². The molecule has 0 unspecified atom stereocenters. The van der Waals surface area contributed by atoms with Gasteiger partial charge in [0.05, 0.1) is 18.4 Å². The molecule has 19 heavy (non-hydrogen) atoms. The highest BCUT2D eigenvalue weighted by Gasteiger charge is 2.21. The highest BCUT2D eigenvalue weighted by atomic mass is 16.5. The lowest BCUT2D eigenvalue weighted by molar-refractivity contribution is 0.0139. The van der Waals surface area contributed by atoms with Crippen LogP contribution in [0.1, 0.15) is 23.2 Å². The smallest absolute Gasteiger partial charge is 0.338 e. The van der Waals surface area contributed by atoms with Gasteiger partial charge in [-0.1, -0.05) is 0 Å². The molecule has 1 heterocycles. The van der Waals surface area contributed by atoms with E-state index in [0.29, 0.717) is 17.0 Å². The van der Waals surface area contributed by atoms with Crippen LogP contribution in [0.4, 0.5) is 5.69 Å². The Labute approximate surface area is 113 Å². The number of hydrogen-bond acceptors (Lipinski definition) is 5. The van der Waals surface area contributed by atoms with Crippen molar-refractivity contribution >= 4 is 11.7 Å². The van der Waals surface area contributed by atoms with E-state index in [1.807, 2.05) is 0 Å². The van der Waals surface area contributed by atoms with Crippen molar-refractivity contribution in [2.24, 2.45) is 0 Å². The van der Waals surface area contributed by atoms with Crippen molar-refractivity contribution in [3.8, 4) is 5.75 Å². The summed E-state index contributed by atoms with van der Waals surface area (Å²) in [6.07, 6.45) is 1.77. The zero-order valence-corrected chi connectivity index (χ0v) is 11.4. The van der Waals surface area contributed by atoms with E-state index in [1.54, 1.807) is 25.3 Å². The van der Waals surface area contributed by atoms with Crippen LogP contribution < -0.4 is 10.5 Å². The molecule has 2 rings (SSSR count). The van der Waals surface area contributed by atoms with Crippen molar-refractivity contribution in [3.63, 3.8) is 0 Å². The zero-order valence-electron chi connectivity index (χ0n) is 11.4. The van der Waals surface area contributed by atoms with Crippen LogP contribution >= 0.6 is 0 Å². The maximum Gasteiger partial charge on any atom is 0.338 e. The lowest BCUT2D eigenvalue weighted by Crippen LogP contribution is -2.35. The Kier molecular flexibility index (Phi) is 4.27. The standard InChI is InChI=1S/C14H20N2O3/c1-16-7-5-11(6-8-16)19-14(17)10-3-4-13(18-2)12(15)9-10/h3-4,9,11H,5-8,15H2,1-2H3. The molecule has 0 aliphatic carbocycles. The second-order valence-electron chi connectivity index (χ2n) is 4.86. The minimum Gasteiger partial charge on any atom is -0.495 e. The summed E-state index contributed by atoms with van der Waals surface area (Å²) in [7, 11) is 3.62. The summed E-state index contributed by atoms with van der Waals surface area (Å²) in [4.78, 5) is 14.2. The highest BCUT2D eigenvalue weighted by Crippen LogP contribution is 2.23. The molecule has 0 aromatic heterocycles. The number of carbonyl (C=O) groups is 1. The molecule has 1 fully saturated rings. The Bertz CT molecular complexity index is 454. The van der Waals surface area contributed by atoms with Gasteiger partial charge in [-0.15, -0.1) is 0 Å². The number of anilines is 1. The summed E-state index contributed by atoms with van der Waals surface area (Å²) < 4.78 is 10.6. The fourth-order valence-corrected chi connectivity index (χ4v) is 2.18. The maximum atomic E-state index is 12.0. The van der Waals surface area contributed by atoms with Crippen molar-refractivity contribution in [2.45, 2.75) is 18.9 Å². The molecular formula is C14H20N2O3. The lowest BCUT2D eigenvalue weighted by Gasteiger charge is -2.28. The summed E-state index contributed by atoms with van der Waals surface area (Å²) in [5.41, 5.74) is 6.70. The van der Waals surface area contributed by atoms with E-state index < -0.39 is 0 Å². The number of likely N-dealkylation sites (tertiary alicyclic amines) is 1. The highest BCUT2D eigenvalue weighted by molar-refractivity contribution is 5.91. The average Bonchev–Trinajstić information content (AvgIpc) is 2.41. The normalized spacial score (nSPS) is 17.2. The number of ether oxygens (including phenoxy) is 2. The van der Waals surface area contributed by atoms with Gasteiger partial charge in [-0.3, -0.25) is 0 Å². The van der Waals surface area contributed by atoms with Gasteiger partial charge in [0, 0.05) is 13.1 Å². The van der Waals surface area contributed by atoms with Gasteiger partial charge in [-0.2, -0.15) is 0 Å². The number of methoxy groups -OCH3 is 1. The van der Waals surface area contributed by atoms with Crippen molar-refractivity contribution < 1.29 is 14.3 Å². The van der Waals surface area contributed by atoms with Crippen LogP contribution in [0.5, 0.6) is 5.75 Å². The molecule has 0 bridgehead atoms. The molecule has 5 nitrogen and oxygen atoms in total. The fraction of sp³-hybridized carbons (Fsp3) is 0.500. The van der Waals surface area contributed by atoms with Crippen molar-refractivity contribution in [1.82, 2.24) is 4.90 Å². The van der Waals surface area contributed by atoms with Crippen molar-refractivity contribution in [3.05, 3.63) is 23.8 Å². The van der Waals surface area contributed by atoms with Gasteiger partial charge in [0.15, 0.2) is 0 Å². The molecule has 0 spiro atoms. The molecule has 1 aliphatic rings. The monoisotopic (exact) mass is 264 g/mol. The number of nitrogens with zero attached hydrogens (tertiary/aromatic N) is 1. The van der Waals surface area contributed by atoms with E-state index in [0.717, 1.165) is 25.9 Å². The third-order valence-electron chi connectivity index (χ3n) is 3.40. The maximum absolute atomic E-state index is 12.0. The molecule has 104 valence electrons. The van der Waals surface area contributed by atoms with Gasteiger partial charge < -0.3 is 20.1 Å². The number of esters is 1. The predicted molar refractivity (Wildman–Crippen MR) is 73.3 cm³/mol. The Morgan fingerprint density at radius 2 is 2.05 bits per heavy atom. The van der Waals surface area contributed by atoms with Gasteiger partial charge in [0.2, 0.25) is 0 Å². The summed E-state index contributed by atoms with van der Waals surface area (Å²) >= 11 is 0. The molecule has 1 aromatic carbocycles. The van der Waals surface area contributed by atoms with E-state index >= 15 is 0 Å². The second kappa shape index (κ2) is 5.93. The average molecular weight is 264 g/mol. The van der Waals surface area contributed by atoms with Gasteiger partial charge >= 0.3 is 5.97 Å². The van der Waals surface area contributed by atoms with E-state index in [-0.39, 0.29) is 12.1 Å². The van der Waals surface area contributed by atoms with E-state index in [2.05, 4.69) is 11.9 Å². The van der Waals surface area contributed by atoms with E-state index in [9.17, 15) is 4.79 Å². The first kappa shape index (κ1) is 13.7. The molecule has 0 atom stereocenters. The van der Waals surface area contributed by atoms with Crippen molar-refractivity contribution in [2.75, 3.05) is 33.0 Å². The number of rotatable bonds is 3. The summed E-state index contributed by atoms with van der Waals surface area (Å²) in [5, 5.41) is 0. The second-order valence-corrected chi connectivity index (χ2v) is 4.86. The summed E-state index contributed by atoms with van der Waals surface area (Å²) in [6, 6.07) is 4.95. The van der Waals surface area contributed by atoms with Gasteiger partial charge in [-0.05, 0) is 38.1 Å². The van der Waals surface area contributed by atoms with Crippen LogP contribution in [0.15, 0.2) is 18.2 Å². The topological polar surface area (TPSA) is 64.8 Å². The Morgan fingerprint density at radius 1 is 1.37 bits per heavy atom. The lowest BCUT2D eigenvalue weighted by atomic mass is 10.1. The number of nitrogen functional groups attached to an aromatic ring is 1. The number of hydrogen-bond donors (Lipinski definition) is 1. The Hall–Kier alpha value is -1.75. The third kappa shape index (κ3) is 3.38. The Balaban J connectivity index is 1.98. The van der Waals surface area contributed by atoms with Gasteiger partial charge in [0.25, 0.3) is 0 Å². The van der Waals surface area contributed by atoms with Crippen LogP contribution in [0.3, 0.4) is 0 Å². The first-order valence-corrected chi connectivity index (χ1v) is 6.43. The molecule has 1 aliphatic heterocycles. The van der Waals surface area contributed by atoms with Gasteiger partial charge in [0.1, 0.15) is 11.9 Å². The van der Waals surface area contributed by atoms with Crippen LogP contribution in [-0.2, 0) is 4.74 Å². The first-order chi connectivity index (χ1) is 9.10. The third-order valence-corrected chi connectivity index (χ3v) is 3.40. The number of benzene rings is 1. The molecule has 0 radical (unpaired) electrons.